The van der Waals surface area contributed by atoms with E-state index in [-0.39, 0.29) is 6.42 Å². The van der Waals surface area contributed by atoms with E-state index in [2.05, 4.69) is 5.32 Å². The number of nitrogens with one attached hydrogen (secondary N) is 1. The van der Waals surface area contributed by atoms with Gasteiger partial charge in [-0.05, 0) is 31.1 Å². The van der Waals surface area contributed by atoms with Crippen LogP contribution in [0.5, 0.6) is 0 Å². The molecule has 0 fully saturated rings. The van der Waals surface area contributed by atoms with Crippen LogP contribution in [0.4, 0.5) is 8.78 Å². The van der Waals surface area contributed by atoms with Crippen LogP contribution < -0.4 is 5.32 Å². The number of halogens is 2. The predicted molar refractivity (Wildman–Crippen MR) is 53.8 cm³/mol. The summed E-state index contributed by atoms with van der Waals surface area (Å²) in [5, 5.41) is 3.01. The van der Waals surface area contributed by atoms with E-state index in [1.807, 2.05) is 19.2 Å². The molecule has 1 N–H and O–H groups in total. The Bertz CT molecular complexity index is 274. The summed E-state index contributed by atoms with van der Waals surface area (Å²) in [6.07, 6.45) is -1.59. The number of alkyl halides is 2. The van der Waals surface area contributed by atoms with Gasteiger partial charge in [-0.25, -0.2) is 8.78 Å². The Morgan fingerprint density at radius 1 is 1.21 bits per heavy atom. The van der Waals surface area contributed by atoms with Gasteiger partial charge in [0.2, 0.25) is 6.43 Å². The molecule has 0 heterocycles. The van der Waals surface area contributed by atoms with Gasteiger partial charge in [-0.2, -0.15) is 0 Å². The predicted octanol–water partition coefficient (Wildman–Crippen LogP) is 2.26. The molecule has 0 saturated carbocycles. The van der Waals surface area contributed by atoms with E-state index in [1.54, 1.807) is 12.1 Å². The molecule has 78 valence electrons. The summed E-state index contributed by atoms with van der Waals surface area (Å²) < 4.78 is 24.4. The Kier molecular flexibility index (Phi) is 4.53. The third-order valence-corrected chi connectivity index (χ3v) is 2.14. The van der Waals surface area contributed by atoms with Crippen molar-refractivity contribution < 1.29 is 8.78 Å². The number of hydrogen-bond donors (Lipinski definition) is 1. The molecule has 0 unspecified atom stereocenters. The first-order valence-corrected chi connectivity index (χ1v) is 4.73. The average Bonchev–Trinajstić information content (AvgIpc) is 2.16. The van der Waals surface area contributed by atoms with Gasteiger partial charge in [0.05, 0.1) is 0 Å². The van der Waals surface area contributed by atoms with Crippen LogP contribution in [0.1, 0.15) is 11.1 Å². The largest absolute Gasteiger partial charge is 0.319 e. The van der Waals surface area contributed by atoms with Gasteiger partial charge in [-0.1, -0.05) is 24.3 Å². The number of hydrogen-bond acceptors (Lipinski definition) is 1. The monoisotopic (exact) mass is 199 g/mol. The van der Waals surface area contributed by atoms with Gasteiger partial charge in [-0.3, -0.25) is 0 Å². The van der Waals surface area contributed by atoms with Crippen molar-refractivity contribution in [3.63, 3.8) is 0 Å². The van der Waals surface area contributed by atoms with Crippen LogP contribution in [0.15, 0.2) is 24.3 Å². The Balaban J connectivity index is 2.69. The fraction of sp³-hybridized carbons (Fsp3) is 0.455. The van der Waals surface area contributed by atoms with E-state index < -0.39 is 6.43 Å². The molecular formula is C11H15F2N. The van der Waals surface area contributed by atoms with Gasteiger partial charge >= 0.3 is 0 Å². The summed E-state index contributed by atoms with van der Waals surface area (Å²) in [6.45, 7) is 0.820. The molecule has 0 bridgehead atoms. The molecule has 0 aliphatic carbocycles. The topological polar surface area (TPSA) is 12.0 Å². The van der Waals surface area contributed by atoms with Crippen LogP contribution in [0.25, 0.3) is 0 Å². The fourth-order valence-electron chi connectivity index (χ4n) is 1.43. The maximum Gasteiger partial charge on any atom is 0.242 e. The average molecular weight is 199 g/mol. The lowest BCUT2D eigenvalue weighted by molar-refractivity contribution is 0.149. The summed E-state index contributed by atoms with van der Waals surface area (Å²) >= 11 is 0. The highest BCUT2D eigenvalue weighted by Gasteiger charge is 2.07. The molecule has 3 heteroatoms. The van der Waals surface area contributed by atoms with E-state index in [1.165, 1.54) is 0 Å². The van der Waals surface area contributed by atoms with Gasteiger partial charge in [0.25, 0.3) is 0 Å². The van der Waals surface area contributed by atoms with Crippen LogP contribution in [-0.4, -0.2) is 20.0 Å². The smallest absolute Gasteiger partial charge is 0.242 e. The molecule has 0 aliphatic heterocycles. The zero-order valence-corrected chi connectivity index (χ0v) is 8.26. The molecule has 0 atom stereocenters. The molecule has 14 heavy (non-hydrogen) atoms. The van der Waals surface area contributed by atoms with Crippen molar-refractivity contribution in [2.75, 3.05) is 13.6 Å². The molecule has 1 aromatic rings. The van der Waals surface area contributed by atoms with Crippen LogP contribution in [0.2, 0.25) is 0 Å². The fourth-order valence-corrected chi connectivity index (χ4v) is 1.43. The standard InChI is InChI=1S/C11H15F2N/c1-14-7-6-9-4-2-3-5-10(9)8-11(12)13/h2-5,11,14H,6-8H2,1H3. The zero-order chi connectivity index (χ0) is 10.4. The Morgan fingerprint density at radius 2 is 1.86 bits per heavy atom. The highest BCUT2D eigenvalue weighted by atomic mass is 19.3. The van der Waals surface area contributed by atoms with Crippen molar-refractivity contribution in [2.24, 2.45) is 0 Å². The summed E-state index contributed by atoms with van der Waals surface area (Å²) in [6, 6.07) is 7.38. The molecule has 0 saturated heterocycles. The Labute approximate surface area is 83.1 Å². The van der Waals surface area contributed by atoms with Gasteiger partial charge in [0.1, 0.15) is 0 Å². The second-order valence-electron chi connectivity index (χ2n) is 3.22. The molecule has 0 aliphatic rings. The molecule has 0 amide bonds. The van der Waals surface area contributed by atoms with Crippen LogP contribution in [0, 0.1) is 0 Å². The van der Waals surface area contributed by atoms with Crippen molar-refractivity contribution in [2.45, 2.75) is 19.3 Å². The minimum absolute atomic E-state index is 0.139. The first-order chi connectivity index (χ1) is 6.74. The quantitative estimate of drug-likeness (QED) is 0.767. The SMILES string of the molecule is CNCCc1ccccc1CC(F)F. The minimum atomic E-state index is -2.26. The summed E-state index contributed by atoms with van der Waals surface area (Å²) in [4.78, 5) is 0. The second-order valence-corrected chi connectivity index (χ2v) is 3.22. The summed E-state index contributed by atoms with van der Waals surface area (Å²) in [7, 11) is 1.86. The third kappa shape index (κ3) is 3.42. The zero-order valence-electron chi connectivity index (χ0n) is 8.26. The number of benzene rings is 1. The molecule has 0 spiro atoms. The first kappa shape index (κ1) is 11.1. The summed E-state index contributed by atoms with van der Waals surface area (Å²) in [5.74, 6) is 0. The maximum atomic E-state index is 12.2. The third-order valence-electron chi connectivity index (χ3n) is 2.14. The Morgan fingerprint density at radius 3 is 2.43 bits per heavy atom. The van der Waals surface area contributed by atoms with Crippen molar-refractivity contribution >= 4 is 0 Å². The molecular weight excluding hydrogens is 184 g/mol. The van der Waals surface area contributed by atoms with E-state index in [4.69, 9.17) is 0 Å². The van der Waals surface area contributed by atoms with Gasteiger partial charge in [-0.15, -0.1) is 0 Å². The molecule has 0 radical (unpaired) electrons. The van der Waals surface area contributed by atoms with Crippen LogP contribution in [-0.2, 0) is 12.8 Å². The van der Waals surface area contributed by atoms with Crippen LogP contribution in [0.3, 0.4) is 0 Å². The highest BCUT2D eigenvalue weighted by Crippen LogP contribution is 2.13. The van der Waals surface area contributed by atoms with Gasteiger partial charge in [0.15, 0.2) is 0 Å². The highest BCUT2D eigenvalue weighted by molar-refractivity contribution is 5.27. The second kappa shape index (κ2) is 5.70. The van der Waals surface area contributed by atoms with E-state index in [0.29, 0.717) is 0 Å². The van der Waals surface area contributed by atoms with Crippen molar-refractivity contribution in [3.05, 3.63) is 35.4 Å². The lowest BCUT2D eigenvalue weighted by Crippen LogP contribution is -2.12. The minimum Gasteiger partial charge on any atom is -0.319 e. The van der Waals surface area contributed by atoms with Crippen molar-refractivity contribution in [1.82, 2.24) is 5.32 Å². The van der Waals surface area contributed by atoms with Crippen LogP contribution >= 0.6 is 0 Å². The molecule has 1 nitrogen and oxygen atoms in total. The lowest BCUT2D eigenvalue weighted by atomic mass is 10.0. The van der Waals surface area contributed by atoms with E-state index >= 15 is 0 Å². The van der Waals surface area contributed by atoms with Gasteiger partial charge in [0, 0.05) is 6.42 Å². The van der Waals surface area contributed by atoms with E-state index in [0.717, 1.165) is 24.1 Å². The van der Waals surface area contributed by atoms with E-state index in [9.17, 15) is 8.78 Å². The summed E-state index contributed by atoms with van der Waals surface area (Å²) in [5.41, 5.74) is 1.78. The maximum absolute atomic E-state index is 12.2. The Hall–Kier alpha value is -0.960. The number of rotatable bonds is 5. The normalized spacial score (nSPS) is 10.9. The molecule has 1 aromatic carbocycles. The molecule has 1 rings (SSSR count). The number of likely N-dealkylation sites (N-methyl/N-ethyl adjacent to an activating group) is 1. The van der Waals surface area contributed by atoms with Crippen molar-refractivity contribution in [3.8, 4) is 0 Å². The lowest BCUT2D eigenvalue weighted by Gasteiger charge is -2.08. The molecule has 0 aromatic heterocycles. The van der Waals surface area contributed by atoms with Crippen molar-refractivity contribution in [1.29, 1.82) is 0 Å². The first-order valence-electron chi connectivity index (χ1n) is 4.73. The van der Waals surface area contributed by atoms with Gasteiger partial charge < -0.3 is 5.32 Å².